The van der Waals surface area contributed by atoms with Crippen LogP contribution in [0.2, 0.25) is 19.6 Å². The molecule has 69 heavy (non-hydrogen) atoms. The number of benzene rings is 10. The summed E-state index contributed by atoms with van der Waals surface area (Å²) in [6.45, 7) is 7.24. The van der Waals surface area contributed by atoms with Gasteiger partial charge in [0, 0.05) is 16.7 Å². The Morgan fingerprint density at radius 3 is 1.33 bits per heavy atom. The van der Waals surface area contributed by atoms with Gasteiger partial charge in [-0.1, -0.05) is 249 Å². The van der Waals surface area contributed by atoms with Gasteiger partial charge in [0.1, 0.15) is 0 Å². The average Bonchev–Trinajstić information content (AvgIpc) is 3.71. The first-order valence-corrected chi connectivity index (χ1v) is 27.3. The van der Waals surface area contributed by atoms with Gasteiger partial charge in [-0.2, -0.15) is 0 Å². The molecule has 0 unspecified atom stereocenters. The van der Waals surface area contributed by atoms with Crippen LogP contribution in [0.15, 0.2) is 243 Å². The maximum atomic E-state index is 5.40. The highest BCUT2D eigenvalue weighted by molar-refractivity contribution is 6.88. The lowest BCUT2D eigenvalue weighted by Crippen LogP contribution is -2.37. The lowest BCUT2D eigenvalue weighted by atomic mass is 9.67. The summed E-state index contributed by atoms with van der Waals surface area (Å²) in [6.07, 6.45) is 0. The summed E-state index contributed by atoms with van der Waals surface area (Å²) >= 11 is 0. The van der Waals surface area contributed by atoms with E-state index in [0.717, 1.165) is 27.8 Å². The Kier molecular flexibility index (Phi) is 10.4. The summed E-state index contributed by atoms with van der Waals surface area (Å²) < 4.78 is 0. The lowest BCUT2D eigenvalue weighted by Gasteiger charge is -2.34. The molecule has 1 aromatic heterocycles. The molecule has 12 rings (SSSR count). The van der Waals surface area contributed by atoms with Gasteiger partial charge in [0.15, 0.2) is 17.5 Å². The molecule has 0 bridgehead atoms. The van der Waals surface area contributed by atoms with Crippen molar-refractivity contribution in [1.29, 1.82) is 0 Å². The van der Waals surface area contributed by atoms with Gasteiger partial charge in [-0.05, 0) is 95.7 Å². The first kappa shape index (κ1) is 42.1. The smallest absolute Gasteiger partial charge is 0.164 e. The van der Waals surface area contributed by atoms with Gasteiger partial charge in [0.2, 0.25) is 0 Å². The summed E-state index contributed by atoms with van der Waals surface area (Å²) in [5.41, 5.74) is 16.4. The zero-order valence-electron chi connectivity index (χ0n) is 38.9. The van der Waals surface area contributed by atoms with Crippen molar-refractivity contribution in [1.82, 2.24) is 15.0 Å². The zero-order chi connectivity index (χ0) is 46.5. The third-order valence-electron chi connectivity index (χ3n) is 14.0. The summed E-state index contributed by atoms with van der Waals surface area (Å²) in [7, 11) is -1.45. The van der Waals surface area contributed by atoms with E-state index in [9.17, 15) is 0 Å². The second-order valence-electron chi connectivity index (χ2n) is 19.2. The molecule has 1 aliphatic rings. The molecule has 0 amide bonds. The molecule has 0 atom stereocenters. The van der Waals surface area contributed by atoms with Crippen LogP contribution < -0.4 is 5.19 Å². The normalized spacial score (nSPS) is 12.7. The zero-order valence-corrected chi connectivity index (χ0v) is 39.9. The number of rotatable bonds is 9. The minimum absolute atomic E-state index is 0.621. The van der Waals surface area contributed by atoms with Crippen molar-refractivity contribution < 1.29 is 0 Å². The SMILES string of the molecule is C[Si](C)(C)c1ccc2cc(-c3ccc4c(c3)C(c3ccccc3)(c3ccccc3)c3cc(-c5nc(-c6ccccc6)nc(-c6ccccc6-c6ccc(-c7ccccc7)cc6)n5)ccc3-4)ccc2c1. The molecular weight excluding hydrogens is 851 g/mol. The Hall–Kier alpha value is -8.31. The molecule has 0 N–H and O–H groups in total. The van der Waals surface area contributed by atoms with E-state index in [1.54, 1.807) is 0 Å². The van der Waals surface area contributed by atoms with E-state index in [-0.39, 0.29) is 0 Å². The number of hydrogen-bond donors (Lipinski definition) is 0. The predicted octanol–water partition coefficient (Wildman–Crippen LogP) is 15.9. The van der Waals surface area contributed by atoms with Crippen LogP contribution in [0.3, 0.4) is 0 Å². The second-order valence-corrected chi connectivity index (χ2v) is 24.3. The van der Waals surface area contributed by atoms with Gasteiger partial charge in [-0.25, -0.2) is 15.0 Å². The maximum absolute atomic E-state index is 5.40. The fourth-order valence-corrected chi connectivity index (χ4v) is 11.6. The summed E-state index contributed by atoms with van der Waals surface area (Å²) in [6, 6.07) is 88.0. The molecular formula is C65H49N3Si. The van der Waals surface area contributed by atoms with E-state index in [1.165, 1.54) is 71.6 Å². The predicted molar refractivity (Wildman–Crippen MR) is 290 cm³/mol. The van der Waals surface area contributed by atoms with Gasteiger partial charge in [0.05, 0.1) is 13.5 Å². The van der Waals surface area contributed by atoms with Gasteiger partial charge in [-0.3, -0.25) is 0 Å². The molecule has 0 aliphatic heterocycles. The van der Waals surface area contributed by atoms with Crippen LogP contribution in [0, 0.1) is 0 Å². The molecule has 328 valence electrons. The van der Waals surface area contributed by atoms with Crippen molar-refractivity contribution in [3.8, 4) is 78.7 Å². The highest BCUT2D eigenvalue weighted by atomic mass is 28.3. The Labute approximate surface area is 405 Å². The van der Waals surface area contributed by atoms with Gasteiger partial charge in [-0.15, -0.1) is 0 Å². The molecule has 10 aromatic carbocycles. The van der Waals surface area contributed by atoms with E-state index < -0.39 is 13.5 Å². The quantitative estimate of drug-likeness (QED) is 0.136. The highest BCUT2D eigenvalue weighted by Crippen LogP contribution is 2.57. The van der Waals surface area contributed by atoms with Crippen molar-refractivity contribution in [3.63, 3.8) is 0 Å². The molecule has 4 heteroatoms. The van der Waals surface area contributed by atoms with E-state index in [4.69, 9.17) is 15.0 Å². The molecule has 1 aliphatic carbocycles. The Morgan fingerprint density at radius 1 is 0.290 bits per heavy atom. The number of fused-ring (bicyclic) bond motifs is 4. The van der Waals surface area contributed by atoms with Crippen LogP contribution in [0.5, 0.6) is 0 Å². The molecule has 0 spiro atoms. The van der Waals surface area contributed by atoms with Crippen molar-refractivity contribution in [2.24, 2.45) is 0 Å². The number of nitrogens with zero attached hydrogens (tertiary/aromatic N) is 3. The van der Waals surface area contributed by atoms with Crippen molar-refractivity contribution in [2.45, 2.75) is 25.1 Å². The standard InChI is InChI=1S/C65H49N3Si/c1-69(2,3)55-37-34-49-40-48(32-33-50(49)41-55)51-35-38-57-58-39-36-52(43-61(58)65(60(57)42-51,53-22-12-6-13-23-53)54-24-14-7-15-25-54)63-66-62(47-20-10-5-11-21-47)67-64(68-63)59-27-17-16-26-56(59)46-30-28-45(29-31-46)44-18-8-4-9-19-44/h4-43H,1-3H3. The maximum Gasteiger partial charge on any atom is 0.164 e. The summed E-state index contributed by atoms with van der Waals surface area (Å²) in [4.78, 5) is 15.9. The third-order valence-corrected chi connectivity index (χ3v) is 16.0. The van der Waals surface area contributed by atoms with Crippen LogP contribution >= 0.6 is 0 Å². The molecule has 11 aromatic rings. The first-order valence-electron chi connectivity index (χ1n) is 23.8. The number of hydrogen-bond acceptors (Lipinski definition) is 3. The highest BCUT2D eigenvalue weighted by Gasteiger charge is 2.46. The van der Waals surface area contributed by atoms with Crippen LogP contribution in [-0.2, 0) is 5.41 Å². The van der Waals surface area contributed by atoms with Crippen LogP contribution in [0.25, 0.3) is 89.4 Å². The topological polar surface area (TPSA) is 38.7 Å². The largest absolute Gasteiger partial charge is 0.208 e. The minimum Gasteiger partial charge on any atom is -0.208 e. The average molecular weight is 900 g/mol. The minimum atomic E-state index is -1.45. The molecule has 0 saturated carbocycles. The molecule has 0 saturated heterocycles. The number of aromatic nitrogens is 3. The van der Waals surface area contributed by atoms with E-state index in [0.29, 0.717) is 17.5 Å². The van der Waals surface area contributed by atoms with Gasteiger partial charge >= 0.3 is 0 Å². The summed E-state index contributed by atoms with van der Waals surface area (Å²) in [5, 5.41) is 4.03. The van der Waals surface area contributed by atoms with Crippen LogP contribution in [0.4, 0.5) is 0 Å². The van der Waals surface area contributed by atoms with Crippen LogP contribution in [-0.4, -0.2) is 23.0 Å². The molecule has 0 fully saturated rings. The lowest BCUT2D eigenvalue weighted by molar-refractivity contribution is 0.769. The Bertz CT molecular complexity index is 3640. The molecule has 1 heterocycles. The summed E-state index contributed by atoms with van der Waals surface area (Å²) in [5.74, 6) is 1.87. The van der Waals surface area contributed by atoms with E-state index in [1.807, 2.05) is 18.2 Å². The third kappa shape index (κ3) is 7.50. The van der Waals surface area contributed by atoms with E-state index >= 15 is 0 Å². The van der Waals surface area contributed by atoms with Crippen LogP contribution in [0.1, 0.15) is 22.3 Å². The first-order chi connectivity index (χ1) is 33.8. The Morgan fingerprint density at radius 2 is 0.710 bits per heavy atom. The second kappa shape index (κ2) is 17.1. The fraction of sp³-hybridized carbons (Fsp3) is 0.0615. The Balaban J connectivity index is 1.03. The van der Waals surface area contributed by atoms with Gasteiger partial charge in [0.25, 0.3) is 0 Å². The molecule has 3 nitrogen and oxygen atoms in total. The van der Waals surface area contributed by atoms with Gasteiger partial charge < -0.3 is 0 Å². The van der Waals surface area contributed by atoms with E-state index in [2.05, 4.69) is 244 Å². The van der Waals surface area contributed by atoms with Crippen molar-refractivity contribution in [3.05, 3.63) is 265 Å². The van der Waals surface area contributed by atoms with Crippen molar-refractivity contribution >= 4 is 24.0 Å². The van der Waals surface area contributed by atoms with Crippen molar-refractivity contribution in [2.75, 3.05) is 0 Å². The monoisotopic (exact) mass is 899 g/mol. The molecule has 0 radical (unpaired) electrons. The fourth-order valence-electron chi connectivity index (χ4n) is 10.4.